The number of rotatable bonds is 19. The van der Waals surface area contributed by atoms with Crippen molar-refractivity contribution < 1.29 is 33.5 Å². The maximum absolute atomic E-state index is 15.0. The van der Waals surface area contributed by atoms with E-state index < -0.39 is 58.5 Å². The van der Waals surface area contributed by atoms with Crippen LogP contribution in [0.15, 0.2) is 234 Å². The van der Waals surface area contributed by atoms with Crippen LogP contribution in [0.25, 0.3) is 0 Å². The first-order valence-corrected chi connectivity index (χ1v) is 28.3. The third kappa shape index (κ3) is 11.2. The Balaban J connectivity index is 0.969. The summed E-state index contributed by atoms with van der Waals surface area (Å²) >= 11 is 4.87. The van der Waals surface area contributed by atoms with Gasteiger partial charge in [0.1, 0.15) is 28.3 Å². The van der Waals surface area contributed by atoms with Gasteiger partial charge >= 0.3 is 11.9 Å². The van der Waals surface area contributed by atoms with Crippen molar-refractivity contribution in [3.05, 3.63) is 274 Å². The largest absolute Gasteiger partial charge is 0.450 e. The molecule has 15 heteroatoms. The molecule has 0 saturated carbocycles. The molecule has 0 radical (unpaired) electrons. The number of oxime groups is 1. The number of nitrogens with one attached hydrogen (secondary N) is 2. The normalized spacial score (nSPS) is 15.6. The average Bonchev–Trinajstić information content (AvgIpc) is 3.95. The van der Waals surface area contributed by atoms with Gasteiger partial charge in [-0.15, -0.1) is 23.1 Å². The number of amides is 2. The number of aromatic nitrogens is 1. The number of halogens is 1. The number of esters is 2. The lowest BCUT2D eigenvalue weighted by Gasteiger charge is -2.49. The number of thioether (sulfide) groups is 1. The summed E-state index contributed by atoms with van der Waals surface area (Å²) in [6.45, 7) is 3.01. The van der Waals surface area contributed by atoms with Crippen molar-refractivity contribution >= 4 is 80.3 Å². The minimum absolute atomic E-state index is 0.109. The van der Waals surface area contributed by atoms with Crippen molar-refractivity contribution in [1.29, 1.82) is 0 Å². The molecule has 1 aromatic heterocycles. The molecule has 1 fully saturated rings. The molecule has 2 aliphatic rings. The van der Waals surface area contributed by atoms with Crippen LogP contribution in [0.1, 0.15) is 70.7 Å². The number of nitrogens with zero attached hydrogens (tertiary/aromatic N) is 3. The Bertz CT molecular complexity index is 3230. The van der Waals surface area contributed by atoms with E-state index in [4.69, 9.17) is 19.3 Å². The Morgan fingerprint density at radius 1 is 0.662 bits per heavy atom. The zero-order chi connectivity index (χ0) is 53.4. The van der Waals surface area contributed by atoms with Gasteiger partial charge in [-0.1, -0.05) is 240 Å². The molecule has 0 aliphatic carbocycles. The molecule has 2 amide bonds. The number of β-lactam (4-membered cyclic amide) rings is 1. The van der Waals surface area contributed by atoms with Gasteiger partial charge in [-0.25, -0.2) is 14.6 Å². The number of thiazole rings is 1. The number of ether oxygens (including phenoxy) is 2. The summed E-state index contributed by atoms with van der Waals surface area (Å²) in [6.07, 6.45) is -1.52. The predicted molar refractivity (Wildman–Crippen MR) is 309 cm³/mol. The Labute approximate surface area is 468 Å². The topological polar surface area (TPSA) is 149 Å². The van der Waals surface area contributed by atoms with Gasteiger partial charge in [0.25, 0.3) is 11.8 Å². The molecule has 8 aromatic rings. The van der Waals surface area contributed by atoms with E-state index in [0.29, 0.717) is 15.3 Å². The van der Waals surface area contributed by atoms with E-state index in [1.54, 1.807) is 5.38 Å². The molecule has 7 aromatic carbocycles. The molecular weight excluding hydrogens is 1120 g/mol. The third-order valence-electron chi connectivity index (χ3n) is 13.3. The molecule has 10 rings (SSSR count). The molecule has 2 atom stereocenters. The van der Waals surface area contributed by atoms with Crippen LogP contribution < -0.4 is 10.6 Å². The van der Waals surface area contributed by atoms with E-state index in [0.717, 1.165) is 44.5 Å². The van der Waals surface area contributed by atoms with E-state index >= 15 is 0 Å². The second kappa shape index (κ2) is 23.6. The molecule has 0 spiro atoms. The summed E-state index contributed by atoms with van der Waals surface area (Å²) in [5.41, 5.74) is 3.84. The molecule has 2 unspecified atom stereocenters. The fraction of sp³-hybridized carbons (Fsp3) is 0.161. The standard InChI is InChI=1S/C62H52IN5O7S2/c1-61(2,59(72)74-54(43-28-14-5-15-29-43)44-30-16-6-17-31-44)75-67-50(49-40-77-60(64-49)66-62(46-32-18-7-19-33-46,47-34-20-8-21-35-47)48-36-22-9-23-37-48)55(69)65-51-56(70)68-52(45(38-63)39-76-57(51)68)58(71)73-53(41-24-10-3-11-25-41)42-26-12-4-13-27-42/h3-37,40,51,53-54,57H,38-39H2,1-2H3,(H,64,66)(H,65,69)/b67-50-. The number of carbonyl (C=O) groups excluding carboxylic acids is 4. The van der Waals surface area contributed by atoms with Crippen molar-refractivity contribution in [3.8, 4) is 0 Å². The Hall–Kier alpha value is -7.86. The average molecular weight is 1170 g/mol. The molecule has 1 saturated heterocycles. The highest BCUT2D eigenvalue weighted by molar-refractivity contribution is 14.1. The fourth-order valence-corrected chi connectivity index (χ4v) is 12.4. The van der Waals surface area contributed by atoms with Crippen LogP contribution in [0.5, 0.6) is 0 Å². The van der Waals surface area contributed by atoms with Crippen molar-refractivity contribution in [1.82, 2.24) is 15.2 Å². The molecule has 2 N–H and O–H groups in total. The second-order valence-corrected chi connectivity index (χ2v) is 21.4. The first kappa shape index (κ1) is 52.6. The van der Waals surface area contributed by atoms with Crippen LogP contribution >= 0.6 is 45.7 Å². The maximum atomic E-state index is 15.0. The number of hydrogen-bond donors (Lipinski definition) is 2. The van der Waals surface area contributed by atoms with Gasteiger partial charge in [0.2, 0.25) is 5.60 Å². The lowest BCUT2D eigenvalue weighted by molar-refractivity contribution is -0.172. The quantitative estimate of drug-likeness (QED) is 0.0152. The SMILES string of the molecule is CC(C)(O/N=C(\C(=O)NC1C(=O)N2C(C(=O)OC(c3ccccc3)c3ccccc3)=C(CI)CSC12)c1csc(NC(c2ccccc2)(c2ccccc2)c2ccccc2)n1)C(=O)OC(c1ccccc1)c1ccccc1. The first-order chi connectivity index (χ1) is 37.6. The minimum Gasteiger partial charge on any atom is -0.450 e. The van der Waals surface area contributed by atoms with Crippen molar-refractivity contribution in [2.45, 2.75) is 48.6 Å². The highest BCUT2D eigenvalue weighted by Gasteiger charge is 2.55. The fourth-order valence-electron chi connectivity index (χ4n) is 9.35. The summed E-state index contributed by atoms with van der Waals surface area (Å²) in [5, 5.41) is 12.5. The summed E-state index contributed by atoms with van der Waals surface area (Å²) in [4.78, 5) is 70.7. The van der Waals surface area contributed by atoms with E-state index in [9.17, 15) is 19.2 Å². The van der Waals surface area contributed by atoms with Gasteiger partial charge in [0.15, 0.2) is 23.1 Å². The van der Waals surface area contributed by atoms with E-state index in [1.165, 1.54) is 41.8 Å². The molecule has 77 heavy (non-hydrogen) atoms. The minimum atomic E-state index is -1.75. The molecule has 0 bridgehead atoms. The van der Waals surface area contributed by atoms with E-state index in [1.807, 2.05) is 212 Å². The number of benzene rings is 7. The zero-order valence-electron chi connectivity index (χ0n) is 41.9. The van der Waals surface area contributed by atoms with Gasteiger partial charge < -0.3 is 24.9 Å². The van der Waals surface area contributed by atoms with Crippen molar-refractivity contribution in [3.63, 3.8) is 0 Å². The van der Waals surface area contributed by atoms with E-state index in [2.05, 4.69) is 38.4 Å². The molecule has 2 aliphatic heterocycles. The monoisotopic (exact) mass is 1170 g/mol. The van der Waals surface area contributed by atoms with Crippen molar-refractivity contribution in [2.24, 2.45) is 5.16 Å². The number of fused-ring (bicyclic) bond motifs is 1. The van der Waals surface area contributed by atoms with Gasteiger partial charge in [-0.3, -0.25) is 14.5 Å². The number of anilines is 1. The maximum Gasteiger partial charge on any atom is 0.356 e. The smallest absolute Gasteiger partial charge is 0.356 e. The first-order valence-electron chi connectivity index (χ1n) is 24.9. The molecule has 12 nitrogen and oxygen atoms in total. The lowest BCUT2D eigenvalue weighted by atomic mass is 9.77. The Morgan fingerprint density at radius 2 is 1.09 bits per heavy atom. The van der Waals surface area contributed by atoms with Gasteiger partial charge in [-0.05, 0) is 58.4 Å². The van der Waals surface area contributed by atoms with Gasteiger partial charge in [0, 0.05) is 15.6 Å². The Morgan fingerprint density at radius 3 is 1.53 bits per heavy atom. The highest BCUT2D eigenvalue weighted by Crippen LogP contribution is 2.43. The summed E-state index contributed by atoms with van der Waals surface area (Å²) in [5.74, 6) is -2.28. The number of hydrogen-bond acceptors (Lipinski definition) is 12. The highest BCUT2D eigenvalue weighted by atomic mass is 127. The van der Waals surface area contributed by atoms with Gasteiger partial charge in [-0.2, -0.15) is 0 Å². The Kier molecular flexibility index (Phi) is 16.1. The lowest BCUT2D eigenvalue weighted by Crippen LogP contribution is -2.71. The predicted octanol–water partition coefficient (Wildman–Crippen LogP) is 11.8. The van der Waals surface area contributed by atoms with Gasteiger partial charge in [0.05, 0.1) is 0 Å². The van der Waals surface area contributed by atoms with Crippen LogP contribution in [0.4, 0.5) is 5.13 Å². The summed E-state index contributed by atoms with van der Waals surface area (Å²) < 4.78 is 13.0. The molecular formula is C62H52IN5O7S2. The van der Waals surface area contributed by atoms with Crippen LogP contribution in [-0.4, -0.2) is 66.5 Å². The van der Waals surface area contributed by atoms with Crippen LogP contribution in [0.2, 0.25) is 0 Å². The number of carbonyl (C=O) groups is 4. The van der Waals surface area contributed by atoms with Crippen LogP contribution in [0, 0.1) is 0 Å². The zero-order valence-corrected chi connectivity index (χ0v) is 45.7. The number of alkyl halides is 1. The van der Waals surface area contributed by atoms with Crippen molar-refractivity contribution in [2.75, 3.05) is 15.5 Å². The van der Waals surface area contributed by atoms with Crippen LogP contribution in [0.3, 0.4) is 0 Å². The molecule has 3 heterocycles. The summed E-state index contributed by atoms with van der Waals surface area (Å²) in [7, 11) is 0. The van der Waals surface area contributed by atoms with E-state index in [-0.39, 0.29) is 17.1 Å². The molecule has 386 valence electrons. The van der Waals surface area contributed by atoms with Crippen LogP contribution in [-0.2, 0) is 39.0 Å². The summed E-state index contributed by atoms with van der Waals surface area (Å²) in [6, 6.07) is 66.6. The third-order valence-corrected chi connectivity index (χ3v) is 16.3. The second-order valence-electron chi connectivity index (χ2n) is 18.7.